The van der Waals surface area contributed by atoms with E-state index in [1.165, 1.54) is 0 Å². The number of furan rings is 1. The summed E-state index contributed by atoms with van der Waals surface area (Å²) < 4.78 is 6.23. The fourth-order valence-corrected chi connectivity index (χ4v) is 5.39. The van der Waals surface area contributed by atoms with Crippen molar-refractivity contribution >= 4 is 33.0 Å². The first-order valence-corrected chi connectivity index (χ1v) is 13.5. The summed E-state index contributed by atoms with van der Waals surface area (Å²) in [4.78, 5) is 20.0. The van der Waals surface area contributed by atoms with Crippen LogP contribution >= 0.6 is 0 Å². The molecule has 41 heavy (non-hydrogen) atoms. The Bertz CT molecular complexity index is 2190. The number of benzene rings is 5. The van der Waals surface area contributed by atoms with E-state index in [4.69, 9.17) is 24.4 Å². The van der Waals surface area contributed by atoms with Gasteiger partial charge in [0.15, 0.2) is 17.5 Å². The van der Waals surface area contributed by atoms with E-state index in [0.717, 1.165) is 55.1 Å². The Morgan fingerprint density at radius 1 is 0.390 bits per heavy atom. The van der Waals surface area contributed by atoms with Crippen LogP contribution in [0.2, 0.25) is 0 Å². The lowest BCUT2D eigenvalue weighted by Gasteiger charge is -2.11. The number of pyridine rings is 1. The van der Waals surface area contributed by atoms with Crippen molar-refractivity contribution in [1.29, 1.82) is 0 Å². The minimum absolute atomic E-state index is 0.565. The summed E-state index contributed by atoms with van der Waals surface area (Å²) in [5.41, 5.74) is 7.19. The number of rotatable bonds is 4. The second-order valence-corrected chi connectivity index (χ2v) is 9.90. The van der Waals surface area contributed by atoms with Crippen molar-refractivity contribution in [3.8, 4) is 45.3 Å². The van der Waals surface area contributed by atoms with Crippen LogP contribution in [0.3, 0.4) is 0 Å². The van der Waals surface area contributed by atoms with E-state index in [1.807, 2.05) is 84.9 Å². The van der Waals surface area contributed by atoms with E-state index < -0.39 is 0 Å². The Morgan fingerprint density at radius 3 is 1.63 bits per heavy atom. The monoisotopic (exact) mass is 526 g/mol. The average molecular weight is 527 g/mol. The predicted octanol–water partition coefficient (Wildman–Crippen LogP) is 8.99. The number of hydrogen-bond acceptors (Lipinski definition) is 5. The number of nitrogens with zero attached hydrogens (tertiary/aromatic N) is 4. The summed E-state index contributed by atoms with van der Waals surface area (Å²) in [6.07, 6.45) is 0. The molecule has 0 aliphatic carbocycles. The van der Waals surface area contributed by atoms with Crippen LogP contribution in [0.4, 0.5) is 0 Å². The van der Waals surface area contributed by atoms with Gasteiger partial charge in [0.2, 0.25) is 5.71 Å². The number of para-hydroxylation sites is 2. The molecule has 0 atom stereocenters. The summed E-state index contributed by atoms with van der Waals surface area (Å²) >= 11 is 0. The molecule has 0 amide bonds. The molecule has 0 N–H and O–H groups in total. The smallest absolute Gasteiger partial charge is 0.228 e. The Labute approximate surface area is 235 Å². The number of aromatic nitrogens is 4. The molecule has 192 valence electrons. The van der Waals surface area contributed by atoms with Gasteiger partial charge in [-0.2, -0.15) is 0 Å². The van der Waals surface area contributed by atoms with Crippen LogP contribution in [0, 0.1) is 0 Å². The SMILES string of the molecule is c1ccc(-c2ccc(-c3nc(-c4ccccc4)nc(-c4c5ccccc5nc5oc6ccccc6c45)n3)cc2)cc1. The molecule has 0 spiro atoms. The van der Waals surface area contributed by atoms with Crippen LogP contribution in [0.5, 0.6) is 0 Å². The Balaban J connectivity index is 1.41. The lowest BCUT2D eigenvalue weighted by molar-refractivity contribution is 0.656. The number of fused-ring (bicyclic) bond motifs is 4. The summed E-state index contributed by atoms with van der Waals surface area (Å²) in [6.45, 7) is 0. The van der Waals surface area contributed by atoms with E-state index in [-0.39, 0.29) is 0 Å². The van der Waals surface area contributed by atoms with E-state index >= 15 is 0 Å². The highest BCUT2D eigenvalue weighted by atomic mass is 16.3. The first kappa shape index (κ1) is 23.2. The highest BCUT2D eigenvalue weighted by Gasteiger charge is 2.21. The molecule has 5 aromatic carbocycles. The van der Waals surface area contributed by atoms with Crippen LogP contribution in [0.25, 0.3) is 78.3 Å². The van der Waals surface area contributed by atoms with E-state index in [0.29, 0.717) is 23.2 Å². The van der Waals surface area contributed by atoms with Crippen LogP contribution in [0.15, 0.2) is 138 Å². The van der Waals surface area contributed by atoms with Crippen molar-refractivity contribution in [2.45, 2.75) is 0 Å². The molecule has 3 aromatic heterocycles. The van der Waals surface area contributed by atoms with E-state index in [9.17, 15) is 0 Å². The molecule has 5 heteroatoms. The molecule has 5 nitrogen and oxygen atoms in total. The molecule has 8 rings (SSSR count). The molecule has 0 bridgehead atoms. The minimum atomic E-state index is 0.565. The van der Waals surface area contributed by atoms with Gasteiger partial charge in [0.25, 0.3) is 0 Å². The first-order valence-electron chi connectivity index (χ1n) is 13.5. The van der Waals surface area contributed by atoms with E-state index in [2.05, 4.69) is 48.5 Å². The van der Waals surface area contributed by atoms with Gasteiger partial charge in [-0.3, -0.25) is 0 Å². The molecule has 0 aliphatic rings. The van der Waals surface area contributed by atoms with Gasteiger partial charge in [-0.25, -0.2) is 19.9 Å². The van der Waals surface area contributed by atoms with Gasteiger partial charge in [-0.1, -0.05) is 121 Å². The Morgan fingerprint density at radius 2 is 0.902 bits per heavy atom. The maximum atomic E-state index is 6.23. The molecule has 0 saturated heterocycles. The zero-order chi connectivity index (χ0) is 27.2. The van der Waals surface area contributed by atoms with Gasteiger partial charge < -0.3 is 4.42 Å². The van der Waals surface area contributed by atoms with Crippen molar-refractivity contribution in [2.24, 2.45) is 0 Å². The summed E-state index contributed by atoms with van der Waals surface area (Å²) in [7, 11) is 0. The van der Waals surface area contributed by atoms with Gasteiger partial charge in [-0.15, -0.1) is 0 Å². The second kappa shape index (κ2) is 9.50. The van der Waals surface area contributed by atoms with Gasteiger partial charge in [0, 0.05) is 27.5 Å². The van der Waals surface area contributed by atoms with Crippen molar-refractivity contribution in [2.75, 3.05) is 0 Å². The van der Waals surface area contributed by atoms with Crippen LogP contribution in [0.1, 0.15) is 0 Å². The van der Waals surface area contributed by atoms with Crippen molar-refractivity contribution in [1.82, 2.24) is 19.9 Å². The molecule has 0 unspecified atom stereocenters. The Hall–Kier alpha value is -5.68. The molecule has 3 heterocycles. The molecular formula is C36H22N4O. The molecular weight excluding hydrogens is 504 g/mol. The minimum Gasteiger partial charge on any atom is -0.438 e. The third-order valence-electron chi connectivity index (χ3n) is 7.36. The van der Waals surface area contributed by atoms with Crippen molar-refractivity contribution < 1.29 is 4.42 Å². The van der Waals surface area contributed by atoms with Crippen LogP contribution in [-0.2, 0) is 0 Å². The van der Waals surface area contributed by atoms with E-state index in [1.54, 1.807) is 0 Å². The topological polar surface area (TPSA) is 64.7 Å². The van der Waals surface area contributed by atoms with Gasteiger partial charge in [0.05, 0.1) is 10.9 Å². The zero-order valence-corrected chi connectivity index (χ0v) is 21.9. The normalized spacial score (nSPS) is 11.4. The molecule has 0 saturated carbocycles. The summed E-state index contributed by atoms with van der Waals surface area (Å²) in [5.74, 6) is 1.80. The van der Waals surface area contributed by atoms with Gasteiger partial charge >= 0.3 is 0 Å². The van der Waals surface area contributed by atoms with Gasteiger partial charge in [0.1, 0.15) is 5.58 Å². The highest BCUT2D eigenvalue weighted by molar-refractivity contribution is 6.17. The molecule has 0 aliphatic heterocycles. The third kappa shape index (κ3) is 4.03. The Kier molecular flexibility index (Phi) is 5.38. The number of hydrogen-bond donors (Lipinski definition) is 0. The predicted molar refractivity (Wildman–Crippen MR) is 164 cm³/mol. The average Bonchev–Trinajstić information content (AvgIpc) is 3.42. The van der Waals surface area contributed by atoms with Crippen molar-refractivity contribution in [3.05, 3.63) is 133 Å². The second-order valence-electron chi connectivity index (χ2n) is 9.90. The van der Waals surface area contributed by atoms with Crippen LogP contribution < -0.4 is 0 Å². The van der Waals surface area contributed by atoms with Crippen molar-refractivity contribution in [3.63, 3.8) is 0 Å². The van der Waals surface area contributed by atoms with Gasteiger partial charge in [-0.05, 0) is 23.3 Å². The molecule has 0 radical (unpaired) electrons. The highest BCUT2D eigenvalue weighted by Crippen LogP contribution is 2.40. The maximum absolute atomic E-state index is 6.23. The zero-order valence-electron chi connectivity index (χ0n) is 21.9. The standard InChI is InChI=1S/C36H22N4O/c1-3-11-23(12-4-1)24-19-21-26(22-20-24)34-38-33(25-13-5-2-6-14-25)39-35(40-34)31-27-15-7-9-17-29(27)37-36-32(31)28-16-8-10-18-30(28)41-36/h1-22H. The summed E-state index contributed by atoms with van der Waals surface area (Å²) in [6, 6.07) is 44.8. The largest absolute Gasteiger partial charge is 0.438 e. The lowest BCUT2D eigenvalue weighted by Crippen LogP contribution is -2.01. The quantitative estimate of drug-likeness (QED) is 0.229. The fraction of sp³-hybridized carbons (Fsp3) is 0. The van der Waals surface area contributed by atoms with Crippen LogP contribution in [-0.4, -0.2) is 19.9 Å². The lowest BCUT2D eigenvalue weighted by atomic mass is 10.0. The molecule has 0 fully saturated rings. The summed E-state index contributed by atoms with van der Waals surface area (Å²) in [5, 5.41) is 2.84. The maximum Gasteiger partial charge on any atom is 0.228 e. The third-order valence-corrected chi connectivity index (χ3v) is 7.36. The molecule has 8 aromatic rings. The first-order chi connectivity index (χ1) is 20.3. The fourth-order valence-electron chi connectivity index (χ4n) is 5.39.